The van der Waals surface area contributed by atoms with Crippen molar-refractivity contribution in [1.29, 1.82) is 0 Å². The first kappa shape index (κ1) is 11.0. The normalized spacial score (nSPS) is 19.4. The summed E-state index contributed by atoms with van der Waals surface area (Å²) in [7, 11) is 0. The molecule has 1 saturated carbocycles. The van der Waals surface area contributed by atoms with Gasteiger partial charge < -0.3 is 10.4 Å². The fourth-order valence-corrected chi connectivity index (χ4v) is 1.45. The summed E-state index contributed by atoms with van der Waals surface area (Å²) >= 11 is 0. The van der Waals surface area contributed by atoms with Crippen LogP contribution in [-0.4, -0.2) is 23.8 Å². The molecular weight excluding hydrogens is 162 g/mol. The molecule has 0 bridgehead atoms. The fourth-order valence-electron chi connectivity index (χ4n) is 1.45. The molecule has 0 heterocycles. The Hall–Kier alpha value is -0.0800. The van der Waals surface area contributed by atoms with Gasteiger partial charge in [0, 0.05) is 12.6 Å². The Kier molecular flexibility index (Phi) is 4.74. The zero-order chi connectivity index (χ0) is 9.68. The molecule has 2 N–H and O–H groups in total. The van der Waals surface area contributed by atoms with Gasteiger partial charge in [-0.25, -0.2) is 0 Å². The summed E-state index contributed by atoms with van der Waals surface area (Å²) in [5.41, 5.74) is 0. The van der Waals surface area contributed by atoms with Crippen molar-refractivity contribution in [3.8, 4) is 0 Å². The minimum Gasteiger partial charge on any atom is -0.392 e. The molecule has 1 fully saturated rings. The minimum atomic E-state index is -0.126. The third kappa shape index (κ3) is 6.05. The molecule has 1 rings (SSSR count). The smallest absolute Gasteiger partial charge is 0.0664 e. The van der Waals surface area contributed by atoms with E-state index in [0.29, 0.717) is 0 Å². The number of aliphatic hydroxyl groups is 1. The second-order valence-electron chi connectivity index (χ2n) is 4.66. The van der Waals surface area contributed by atoms with Crippen molar-refractivity contribution in [3.63, 3.8) is 0 Å². The summed E-state index contributed by atoms with van der Waals surface area (Å²) in [4.78, 5) is 0. The molecule has 0 aromatic carbocycles. The van der Waals surface area contributed by atoms with E-state index in [4.69, 9.17) is 0 Å². The van der Waals surface area contributed by atoms with Crippen LogP contribution in [0.5, 0.6) is 0 Å². The molecule has 2 heteroatoms. The summed E-state index contributed by atoms with van der Waals surface area (Å²) in [6.45, 7) is 5.26. The number of rotatable bonds is 7. The third-order valence-electron chi connectivity index (χ3n) is 2.54. The number of hydrogen-bond acceptors (Lipinski definition) is 2. The van der Waals surface area contributed by atoms with Crippen LogP contribution in [0.25, 0.3) is 0 Å². The van der Waals surface area contributed by atoms with Crippen LogP contribution in [0.2, 0.25) is 0 Å². The van der Waals surface area contributed by atoms with E-state index in [9.17, 15) is 5.11 Å². The summed E-state index contributed by atoms with van der Waals surface area (Å²) in [6.07, 6.45) is 5.83. The van der Waals surface area contributed by atoms with Crippen molar-refractivity contribution >= 4 is 0 Å². The van der Waals surface area contributed by atoms with Gasteiger partial charge in [-0.1, -0.05) is 26.7 Å². The largest absolute Gasteiger partial charge is 0.392 e. The van der Waals surface area contributed by atoms with Crippen LogP contribution < -0.4 is 5.32 Å². The van der Waals surface area contributed by atoms with Gasteiger partial charge in [-0.3, -0.25) is 0 Å². The van der Waals surface area contributed by atoms with Gasteiger partial charge >= 0.3 is 0 Å². The lowest BCUT2D eigenvalue weighted by Crippen LogP contribution is -2.28. The molecule has 0 radical (unpaired) electrons. The highest BCUT2D eigenvalue weighted by molar-refractivity contribution is 4.81. The zero-order valence-electron chi connectivity index (χ0n) is 8.92. The highest BCUT2D eigenvalue weighted by Crippen LogP contribution is 2.18. The second-order valence-corrected chi connectivity index (χ2v) is 4.66. The molecule has 2 nitrogen and oxygen atoms in total. The molecule has 0 aliphatic heterocycles. The van der Waals surface area contributed by atoms with E-state index in [-0.39, 0.29) is 6.10 Å². The lowest BCUT2D eigenvalue weighted by Gasteiger charge is -2.11. The first-order chi connectivity index (χ1) is 6.18. The molecule has 0 aromatic heterocycles. The zero-order valence-corrected chi connectivity index (χ0v) is 8.92. The lowest BCUT2D eigenvalue weighted by atomic mass is 10.0. The maximum Gasteiger partial charge on any atom is 0.0664 e. The number of nitrogens with one attached hydrogen (secondary N) is 1. The van der Waals surface area contributed by atoms with E-state index in [1.807, 2.05) is 0 Å². The first-order valence-electron chi connectivity index (χ1n) is 5.60. The van der Waals surface area contributed by atoms with Crippen molar-refractivity contribution in [2.45, 2.75) is 58.1 Å². The van der Waals surface area contributed by atoms with E-state index in [1.54, 1.807) is 0 Å². The standard InChI is InChI=1S/C11H23NO/c1-9(2)4-3-5-11(13)8-12-10-6-7-10/h9-13H,3-8H2,1-2H3. The molecule has 78 valence electrons. The molecular formula is C11H23NO. The second kappa shape index (κ2) is 5.61. The highest BCUT2D eigenvalue weighted by Gasteiger charge is 2.20. The van der Waals surface area contributed by atoms with Crippen molar-refractivity contribution in [2.24, 2.45) is 5.92 Å². The van der Waals surface area contributed by atoms with Crippen molar-refractivity contribution in [1.82, 2.24) is 5.32 Å². The van der Waals surface area contributed by atoms with E-state index < -0.39 is 0 Å². The van der Waals surface area contributed by atoms with E-state index >= 15 is 0 Å². The average molecular weight is 185 g/mol. The van der Waals surface area contributed by atoms with Crippen LogP contribution in [0.1, 0.15) is 46.0 Å². The summed E-state index contributed by atoms with van der Waals surface area (Å²) in [5, 5.41) is 12.9. The van der Waals surface area contributed by atoms with E-state index in [0.717, 1.165) is 31.3 Å². The summed E-state index contributed by atoms with van der Waals surface area (Å²) in [5.74, 6) is 0.767. The maximum absolute atomic E-state index is 9.58. The van der Waals surface area contributed by atoms with Gasteiger partial charge in [-0.2, -0.15) is 0 Å². The van der Waals surface area contributed by atoms with Gasteiger partial charge in [0.1, 0.15) is 0 Å². The molecule has 1 aliphatic carbocycles. The summed E-state index contributed by atoms with van der Waals surface area (Å²) < 4.78 is 0. The number of hydrogen-bond donors (Lipinski definition) is 2. The Morgan fingerprint density at radius 1 is 1.31 bits per heavy atom. The monoisotopic (exact) mass is 185 g/mol. The fraction of sp³-hybridized carbons (Fsp3) is 1.00. The van der Waals surface area contributed by atoms with Crippen LogP contribution in [0.4, 0.5) is 0 Å². The topological polar surface area (TPSA) is 32.3 Å². The van der Waals surface area contributed by atoms with Crippen LogP contribution >= 0.6 is 0 Å². The van der Waals surface area contributed by atoms with Crippen molar-refractivity contribution in [3.05, 3.63) is 0 Å². The van der Waals surface area contributed by atoms with Gasteiger partial charge in [-0.15, -0.1) is 0 Å². The average Bonchev–Trinajstić information content (AvgIpc) is 2.83. The SMILES string of the molecule is CC(C)CCCC(O)CNC1CC1. The Balaban J connectivity index is 1.87. The molecule has 1 unspecified atom stereocenters. The molecule has 0 saturated heterocycles. The lowest BCUT2D eigenvalue weighted by molar-refractivity contribution is 0.156. The summed E-state index contributed by atoms with van der Waals surface area (Å²) in [6, 6.07) is 0.722. The van der Waals surface area contributed by atoms with Gasteiger partial charge in [0.15, 0.2) is 0 Å². The van der Waals surface area contributed by atoms with Crippen molar-refractivity contribution < 1.29 is 5.11 Å². The molecule has 13 heavy (non-hydrogen) atoms. The molecule has 0 aromatic rings. The highest BCUT2D eigenvalue weighted by atomic mass is 16.3. The van der Waals surface area contributed by atoms with Gasteiger partial charge in [0.2, 0.25) is 0 Å². The van der Waals surface area contributed by atoms with Gasteiger partial charge in [0.25, 0.3) is 0 Å². The molecule has 1 atom stereocenters. The molecule has 0 amide bonds. The Morgan fingerprint density at radius 2 is 2.00 bits per heavy atom. The van der Waals surface area contributed by atoms with Crippen LogP contribution in [0.3, 0.4) is 0 Å². The predicted molar refractivity (Wildman–Crippen MR) is 55.7 cm³/mol. The van der Waals surface area contributed by atoms with E-state index in [2.05, 4.69) is 19.2 Å². The van der Waals surface area contributed by atoms with Crippen LogP contribution in [0.15, 0.2) is 0 Å². The first-order valence-corrected chi connectivity index (χ1v) is 5.60. The Labute approximate surface area is 81.7 Å². The third-order valence-corrected chi connectivity index (χ3v) is 2.54. The quantitative estimate of drug-likeness (QED) is 0.635. The Morgan fingerprint density at radius 3 is 2.54 bits per heavy atom. The van der Waals surface area contributed by atoms with Gasteiger partial charge in [-0.05, 0) is 25.2 Å². The predicted octanol–water partition coefficient (Wildman–Crippen LogP) is 1.93. The number of aliphatic hydroxyl groups excluding tert-OH is 1. The maximum atomic E-state index is 9.58. The van der Waals surface area contributed by atoms with E-state index in [1.165, 1.54) is 19.3 Å². The Bertz CT molecular complexity index is 132. The molecule has 0 spiro atoms. The molecule has 1 aliphatic rings. The van der Waals surface area contributed by atoms with Crippen LogP contribution in [-0.2, 0) is 0 Å². The van der Waals surface area contributed by atoms with Crippen LogP contribution in [0, 0.1) is 5.92 Å². The minimum absolute atomic E-state index is 0.126. The van der Waals surface area contributed by atoms with Gasteiger partial charge in [0.05, 0.1) is 6.10 Å². The van der Waals surface area contributed by atoms with Crippen molar-refractivity contribution in [2.75, 3.05) is 6.54 Å².